The lowest BCUT2D eigenvalue weighted by Gasteiger charge is -2.33. The first-order chi connectivity index (χ1) is 7.46. The zero-order valence-electron chi connectivity index (χ0n) is 8.41. The van der Waals surface area contributed by atoms with Gasteiger partial charge < -0.3 is 11.1 Å². The number of carbonyl (C=O) groups is 1. The zero-order chi connectivity index (χ0) is 11.8. The number of hydrogen-bond acceptors (Lipinski definition) is 3. The summed E-state index contributed by atoms with van der Waals surface area (Å²) in [5.74, 6) is -3.33. The predicted octanol–water partition coefficient (Wildman–Crippen LogP) is 1.65. The second-order valence-corrected chi connectivity index (χ2v) is 3.92. The van der Waals surface area contributed by atoms with Crippen LogP contribution in [0.4, 0.5) is 20.3 Å². The largest absolute Gasteiger partial charge is 0.384 e. The molecule has 86 valence electrons. The van der Waals surface area contributed by atoms with Crippen molar-refractivity contribution in [2.24, 2.45) is 5.92 Å². The first-order valence-electron chi connectivity index (χ1n) is 4.86. The molecular formula is C10H11F2N3O. The Morgan fingerprint density at radius 3 is 2.69 bits per heavy atom. The molecule has 0 aliphatic heterocycles. The second kappa shape index (κ2) is 3.70. The molecule has 0 radical (unpaired) electrons. The molecule has 0 bridgehead atoms. The van der Waals surface area contributed by atoms with Crippen LogP contribution in [0.1, 0.15) is 12.8 Å². The third-order valence-corrected chi connectivity index (χ3v) is 2.51. The third-order valence-electron chi connectivity index (χ3n) is 2.51. The highest BCUT2D eigenvalue weighted by molar-refractivity contribution is 5.93. The van der Waals surface area contributed by atoms with Crippen LogP contribution in [0.3, 0.4) is 0 Å². The van der Waals surface area contributed by atoms with Crippen molar-refractivity contribution >= 4 is 17.4 Å². The van der Waals surface area contributed by atoms with E-state index in [-0.39, 0.29) is 12.8 Å². The van der Waals surface area contributed by atoms with E-state index in [0.29, 0.717) is 11.5 Å². The van der Waals surface area contributed by atoms with Crippen molar-refractivity contribution in [2.45, 2.75) is 18.8 Å². The highest BCUT2D eigenvalue weighted by atomic mass is 19.3. The van der Waals surface area contributed by atoms with Crippen molar-refractivity contribution in [1.29, 1.82) is 0 Å². The fourth-order valence-electron chi connectivity index (χ4n) is 1.57. The summed E-state index contributed by atoms with van der Waals surface area (Å²) in [7, 11) is 0. The Hall–Kier alpha value is -1.72. The maximum absolute atomic E-state index is 12.5. The third kappa shape index (κ3) is 2.26. The molecule has 6 heteroatoms. The van der Waals surface area contributed by atoms with Crippen LogP contribution >= 0.6 is 0 Å². The van der Waals surface area contributed by atoms with E-state index in [9.17, 15) is 13.6 Å². The normalized spacial score (nSPS) is 18.9. The van der Waals surface area contributed by atoms with Crippen LogP contribution in [0.5, 0.6) is 0 Å². The molecule has 0 spiro atoms. The van der Waals surface area contributed by atoms with E-state index in [1.165, 1.54) is 12.3 Å². The number of anilines is 2. The minimum atomic E-state index is -2.68. The molecular weight excluding hydrogens is 216 g/mol. The fourth-order valence-corrected chi connectivity index (χ4v) is 1.57. The van der Waals surface area contributed by atoms with Crippen LogP contribution in [0.15, 0.2) is 18.3 Å². The van der Waals surface area contributed by atoms with Gasteiger partial charge in [-0.05, 0) is 12.1 Å². The lowest BCUT2D eigenvalue weighted by Crippen LogP contribution is -2.42. The highest BCUT2D eigenvalue weighted by Gasteiger charge is 2.48. The number of nitrogens with two attached hydrogens (primary N) is 1. The van der Waals surface area contributed by atoms with Gasteiger partial charge in [0.25, 0.3) is 0 Å². The van der Waals surface area contributed by atoms with Crippen LogP contribution in [0.25, 0.3) is 0 Å². The number of carbonyl (C=O) groups excluding carboxylic acids is 1. The number of nitrogen functional groups attached to an aromatic ring is 1. The number of halogens is 2. The summed E-state index contributed by atoms with van der Waals surface area (Å²) < 4.78 is 25.1. The molecule has 1 amide bonds. The maximum atomic E-state index is 12.5. The van der Waals surface area contributed by atoms with Gasteiger partial charge in [0, 0.05) is 18.8 Å². The van der Waals surface area contributed by atoms with E-state index in [2.05, 4.69) is 10.3 Å². The molecule has 3 N–H and O–H groups in total. The van der Waals surface area contributed by atoms with Crippen LogP contribution in [-0.2, 0) is 4.79 Å². The summed E-state index contributed by atoms with van der Waals surface area (Å²) in [5.41, 5.74) is 5.83. The van der Waals surface area contributed by atoms with Gasteiger partial charge in [-0.1, -0.05) is 0 Å². The molecule has 1 aliphatic rings. The number of rotatable bonds is 2. The molecule has 1 aromatic rings. The first-order valence-corrected chi connectivity index (χ1v) is 4.86. The lowest BCUT2D eigenvalue weighted by molar-refractivity contribution is -0.145. The van der Waals surface area contributed by atoms with Gasteiger partial charge in [-0.2, -0.15) is 0 Å². The topological polar surface area (TPSA) is 68.0 Å². The van der Waals surface area contributed by atoms with Crippen molar-refractivity contribution in [2.75, 3.05) is 11.1 Å². The monoisotopic (exact) mass is 227 g/mol. The summed E-state index contributed by atoms with van der Waals surface area (Å²) in [4.78, 5) is 15.2. The number of nitrogens with zero attached hydrogens (tertiary/aromatic N) is 1. The number of alkyl halides is 2. The zero-order valence-corrected chi connectivity index (χ0v) is 8.41. The summed E-state index contributed by atoms with van der Waals surface area (Å²) in [6.07, 6.45) is 0.645. The molecule has 16 heavy (non-hydrogen) atoms. The maximum Gasteiger partial charge on any atom is 0.249 e. The standard InChI is InChI=1S/C10H11F2N3O/c11-10(12)3-6(4-10)9(16)15-7-1-2-8(13)14-5-7/h1-2,5-6H,3-4H2,(H2,13,14)(H,15,16). The molecule has 1 heterocycles. The number of nitrogens with one attached hydrogen (secondary N) is 1. The van der Waals surface area contributed by atoms with Gasteiger partial charge in [-0.15, -0.1) is 0 Å². The van der Waals surface area contributed by atoms with Gasteiger partial charge in [0.1, 0.15) is 5.82 Å². The van der Waals surface area contributed by atoms with E-state index < -0.39 is 17.7 Å². The molecule has 2 rings (SSSR count). The Bertz CT molecular complexity index is 397. The number of amides is 1. The Kier molecular flexibility index (Phi) is 2.49. The van der Waals surface area contributed by atoms with Crippen molar-refractivity contribution < 1.29 is 13.6 Å². The van der Waals surface area contributed by atoms with E-state index in [1.807, 2.05) is 0 Å². The minimum absolute atomic E-state index is 0.341. The Morgan fingerprint density at radius 2 is 2.19 bits per heavy atom. The smallest absolute Gasteiger partial charge is 0.249 e. The Balaban J connectivity index is 1.91. The van der Waals surface area contributed by atoms with Gasteiger partial charge >= 0.3 is 0 Å². The van der Waals surface area contributed by atoms with E-state index >= 15 is 0 Å². The molecule has 0 atom stereocenters. The van der Waals surface area contributed by atoms with Crippen LogP contribution in [0.2, 0.25) is 0 Å². The van der Waals surface area contributed by atoms with Gasteiger partial charge in [0.15, 0.2) is 0 Å². The van der Waals surface area contributed by atoms with Gasteiger partial charge in [-0.3, -0.25) is 4.79 Å². The quantitative estimate of drug-likeness (QED) is 0.807. The molecule has 4 nitrogen and oxygen atoms in total. The highest BCUT2D eigenvalue weighted by Crippen LogP contribution is 2.42. The molecule has 0 aromatic carbocycles. The van der Waals surface area contributed by atoms with Gasteiger partial charge in [0.05, 0.1) is 11.9 Å². The SMILES string of the molecule is Nc1ccc(NC(=O)C2CC(F)(F)C2)cn1. The summed E-state index contributed by atoms with van der Waals surface area (Å²) in [5, 5.41) is 2.52. The predicted molar refractivity (Wildman–Crippen MR) is 55.0 cm³/mol. The first kappa shape index (κ1) is 10.8. The van der Waals surface area contributed by atoms with Gasteiger partial charge in [0.2, 0.25) is 11.8 Å². The average Bonchev–Trinajstić information content (AvgIpc) is 2.18. The average molecular weight is 227 g/mol. The van der Waals surface area contributed by atoms with E-state index in [4.69, 9.17) is 5.73 Å². The lowest BCUT2D eigenvalue weighted by atomic mass is 9.81. The summed E-state index contributed by atoms with van der Waals surface area (Å²) in [6, 6.07) is 3.11. The van der Waals surface area contributed by atoms with Crippen LogP contribution in [-0.4, -0.2) is 16.8 Å². The number of hydrogen-bond donors (Lipinski definition) is 2. The molecule has 0 saturated heterocycles. The minimum Gasteiger partial charge on any atom is -0.384 e. The molecule has 1 aliphatic carbocycles. The fraction of sp³-hybridized carbons (Fsp3) is 0.400. The number of pyridine rings is 1. The Morgan fingerprint density at radius 1 is 1.50 bits per heavy atom. The summed E-state index contributed by atoms with van der Waals surface area (Å²) >= 11 is 0. The van der Waals surface area contributed by atoms with Crippen molar-refractivity contribution in [3.05, 3.63) is 18.3 Å². The van der Waals surface area contributed by atoms with Crippen molar-refractivity contribution in [3.63, 3.8) is 0 Å². The second-order valence-electron chi connectivity index (χ2n) is 3.92. The van der Waals surface area contributed by atoms with E-state index in [1.54, 1.807) is 6.07 Å². The van der Waals surface area contributed by atoms with Crippen LogP contribution < -0.4 is 11.1 Å². The van der Waals surface area contributed by atoms with E-state index in [0.717, 1.165) is 0 Å². The van der Waals surface area contributed by atoms with Crippen molar-refractivity contribution in [1.82, 2.24) is 4.98 Å². The van der Waals surface area contributed by atoms with Crippen molar-refractivity contribution in [3.8, 4) is 0 Å². The molecule has 1 aromatic heterocycles. The van der Waals surface area contributed by atoms with Gasteiger partial charge in [-0.25, -0.2) is 13.8 Å². The molecule has 0 unspecified atom stereocenters. The molecule has 1 saturated carbocycles. The number of aromatic nitrogens is 1. The Labute approximate surface area is 90.9 Å². The van der Waals surface area contributed by atoms with Crippen LogP contribution in [0, 0.1) is 5.92 Å². The molecule has 1 fully saturated rings. The summed E-state index contributed by atoms with van der Waals surface area (Å²) in [6.45, 7) is 0.